The summed E-state index contributed by atoms with van der Waals surface area (Å²) in [6.45, 7) is 2.56. The zero-order valence-electron chi connectivity index (χ0n) is 11.3. The second-order valence-corrected chi connectivity index (χ2v) is 5.67. The van der Waals surface area contributed by atoms with Crippen molar-refractivity contribution in [2.45, 2.75) is 44.7 Å². The fraction of sp³-hybridized carbons (Fsp3) is 0.533. The number of nitrogens with zero attached hydrogens (tertiary/aromatic N) is 1. The summed E-state index contributed by atoms with van der Waals surface area (Å²) in [5.74, 6) is 0.0434. The molecule has 104 valence electrons. The summed E-state index contributed by atoms with van der Waals surface area (Å²) in [7, 11) is 0. The van der Waals surface area contributed by atoms with Crippen LogP contribution in [0, 0.1) is 0 Å². The van der Waals surface area contributed by atoms with Gasteiger partial charge in [0, 0.05) is 11.6 Å². The first-order valence-corrected chi connectivity index (χ1v) is 7.29. The number of nitrogens with two attached hydrogens (primary N) is 1. The molecule has 2 atom stereocenters. The summed E-state index contributed by atoms with van der Waals surface area (Å²) in [5.41, 5.74) is 6.92. The predicted octanol–water partition coefficient (Wildman–Crippen LogP) is 3.13. The molecule has 19 heavy (non-hydrogen) atoms. The van der Waals surface area contributed by atoms with Crippen molar-refractivity contribution in [1.29, 1.82) is 0 Å². The zero-order valence-corrected chi connectivity index (χ0v) is 12.1. The zero-order chi connectivity index (χ0) is 13.8. The monoisotopic (exact) mass is 280 g/mol. The summed E-state index contributed by atoms with van der Waals surface area (Å²) in [4.78, 5) is 14.2. The Morgan fingerprint density at radius 3 is 2.63 bits per heavy atom. The number of carbonyl (C=O) groups excluding carboxylic acids is 1. The van der Waals surface area contributed by atoms with E-state index in [0.717, 1.165) is 36.4 Å². The number of benzene rings is 1. The van der Waals surface area contributed by atoms with Gasteiger partial charge in [0.25, 0.3) is 0 Å². The minimum atomic E-state index is -0.437. The van der Waals surface area contributed by atoms with Crippen molar-refractivity contribution in [2.75, 3.05) is 6.54 Å². The van der Waals surface area contributed by atoms with E-state index in [2.05, 4.69) is 0 Å². The molecular formula is C15H21ClN2O. The van der Waals surface area contributed by atoms with Crippen LogP contribution >= 0.6 is 11.6 Å². The number of carbonyl (C=O) groups is 1. The molecule has 1 aliphatic heterocycles. The van der Waals surface area contributed by atoms with Gasteiger partial charge in [-0.1, -0.05) is 36.6 Å². The molecule has 1 aromatic carbocycles. The van der Waals surface area contributed by atoms with Gasteiger partial charge in [-0.05, 0) is 37.5 Å². The molecule has 0 aliphatic carbocycles. The summed E-state index contributed by atoms with van der Waals surface area (Å²) in [6.07, 6.45) is 4.38. The molecule has 0 saturated carbocycles. The fourth-order valence-corrected chi connectivity index (χ4v) is 2.79. The van der Waals surface area contributed by atoms with E-state index in [0.29, 0.717) is 0 Å². The van der Waals surface area contributed by atoms with Gasteiger partial charge in [-0.3, -0.25) is 4.79 Å². The highest BCUT2D eigenvalue weighted by atomic mass is 35.5. The third-order valence-electron chi connectivity index (χ3n) is 3.68. The lowest BCUT2D eigenvalue weighted by molar-refractivity contribution is -0.134. The second-order valence-electron chi connectivity index (χ2n) is 5.24. The molecule has 1 fully saturated rings. The van der Waals surface area contributed by atoms with Crippen molar-refractivity contribution in [2.24, 2.45) is 5.73 Å². The Morgan fingerprint density at radius 2 is 2.00 bits per heavy atom. The molecule has 0 bridgehead atoms. The van der Waals surface area contributed by atoms with Crippen molar-refractivity contribution < 1.29 is 4.79 Å². The van der Waals surface area contributed by atoms with Crippen molar-refractivity contribution in [3.8, 4) is 0 Å². The van der Waals surface area contributed by atoms with E-state index in [4.69, 9.17) is 17.3 Å². The highest BCUT2D eigenvalue weighted by Crippen LogP contribution is 2.31. The molecule has 1 aromatic rings. The number of halogens is 1. The standard InChI is InChI=1S/C15H21ClN2O/c1-11(17)15(19)18-10-4-2-3-5-14(18)12-6-8-13(16)9-7-12/h6-9,11,14H,2-5,10,17H2,1H3/t11-,14?/m0/s1. The van der Waals surface area contributed by atoms with Crippen molar-refractivity contribution in [3.05, 3.63) is 34.9 Å². The van der Waals surface area contributed by atoms with Crippen molar-refractivity contribution >= 4 is 17.5 Å². The van der Waals surface area contributed by atoms with Gasteiger partial charge in [0.15, 0.2) is 0 Å². The smallest absolute Gasteiger partial charge is 0.239 e. The lowest BCUT2D eigenvalue weighted by Gasteiger charge is -2.31. The lowest BCUT2D eigenvalue weighted by Crippen LogP contribution is -2.44. The minimum absolute atomic E-state index is 0.0434. The molecule has 1 unspecified atom stereocenters. The van der Waals surface area contributed by atoms with Crippen LogP contribution in [0.15, 0.2) is 24.3 Å². The molecule has 0 spiro atoms. The van der Waals surface area contributed by atoms with Crippen LogP contribution in [0.4, 0.5) is 0 Å². The van der Waals surface area contributed by atoms with Gasteiger partial charge >= 0.3 is 0 Å². The molecule has 1 aliphatic rings. The van der Waals surface area contributed by atoms with Crippen LogP contribution < -0.4 is 5.73 Å². The minimum Gasteiger partial charge on any atom is -0.334 e. The van der Waals surface area contributed by atoms with Gasteiger partial charge in [-0.25, -0.2) is 0 Å². The Kier molecular flexibility index (Phi) is 4.83. The largest absolute Gasteiger partial charge is 0.334 e. The first-order chi connectivity index (χ1) is 9.09. The SMILES string of the molecule is C[C@H](N)C(=O)N1CCCCCC1c1ccc(Cl)cc1. The Hall–Kier alpha value is -1.06. The molecular weight excluding hydrogens is 260 g/mol. The number of hydrogen-bond donors (Lipinski definition) is 1. The van der Waals surface area contributed by atoms with Gasteiger partial charge in [0.05, 0.1) is 12.1 Å². The van der Waals surface area contributed by atoms with Crippen LogP contribution in [0.3, 0.4) is 0 Å². The Labute approximate surface area is 119 Å². The van der Waals surface area contributed by atoms with E-state index >= 15 is 0 Å². The molecule has 1 heterocycles. The third kappa shape index (κ3) is 3.48. The molecule has 4 heteroatoms. The van der Waals surface area contributed by atoms with E-state index in [9.17, 15) is 4.79 Å². The van der Waals surface area contributed by atoms with E-state index in [1.807, 2.05) is 29.2 Å². The summed E-state index contributed by atoms with van der Waals surface area (Å²) in [6, 6.07) is 7.50. The van der Waals surface area contributed by atoms with Gasteiger partial charge < -0.3 is 10.6 Å². The van der Waals surface area contributed by atoms with Gasteiger partial charge in [-0.2, -0.15) is 0 Å². The number of amides is 1. The lowest BCUT2D eigenvalue weighted by atomic mass is 10.0. The van der Waals surface area contributed by atoms with Crippen LogP contribution in [0.1, 0.15) is 44.2 Å². The van der Waals surface area contributed by atoms with Crippen LogP contribution in [0.25, 0.3) is 0 Å². The fourth-order valence-electron chi connectivity index (χ4n) is 2.67. The number of likely N-dealkylation sites (tertiary alicyclic amines) is 1. The van der Waals surface area contributed by atoms with E-state index < -0.39 is 6.04 Å². The first-order valence-electron chi connectivity index (χ1n) is 6.91. The molecule has 1 saturated heterocycles. The third-order valence-corrected chi connectivity index (χ3v) is 3.93. The molecule has 2 rings (SSSR count). The molecule has 1 amide bonds. The maximum Gasteiger partial charge on any atom is 0.239 e. The van der Waals surface area contributed by atoms with Gasteiger partial charge in [0.1, 0.15) is 0 Å². The number of rotatable bonds is 2. The summed E-state index contributed by atoms with van der Waals surface area (Å²) < 4.78 is 0. The highest BCUT2D eigenvalue weighted by molar-refractivity contribution is 6.30. The second kappa shape index (κ2) is 6.40. The topological polar surface area (TPSA) is 46.3 Å². The first kappa shape index (κ1) is 14.4. The molecule has 2 N–H and O–H groups in total. The maximum atomic E-state index is 12.3. The average molecular weight is 281 g/mol. The van der Waals surface area contributed by atoms with Crippen LogP contribution in [-0.4, -0.2) is 23.4 Å². The van der Waals surface area contributed by atoms with Crippen molar-refractivity contribution in [3.63, 3.8) is 0 Å². The summed E-state index contributed by atoms with van der Waals surface area (Å²) >= 11 is 5.93. The molecule has 0 radical (unpaired) electrons. The van der Waals surface area contributed by atoms with E-state index in [1.165, 1.54) is 6.42 Å². The number of hydrogen-bond acceptors (Lipinski definition) is 2. The van der Waals surface area contributed by atoms with Crippen LogP contribution in [-0.2, 0) is 4.79 Å². The molecule has 0 aromatic heterocycles. The maximum absolute atomic E-state index is 12.3. The van der Waals surface area contributed by atoms with Crippen LogP contribution in [0.2, 0.25) is 5.02 Å². The van der Waals surface area contributed by atoms with E-state index in [1.54, 1.807) is 6.92 Å². The Bertz CT molecular complexity index is 430. The van der Waals surface area contributed by atoms with Crippen LogP contribution in [0.5, 0.6) is 0 Å². The van der Waals surface area contributed by atoms with Crippen molar-refractivity contribution in [1.82, 2.24) is 4.90 Å². The van der Waals surface area contributed by atoms with E-state index in [-0.39, 0.29) is 11.9 Å². The van der Waals surface area contributed by atoms with Gasteiger partial charge in [-0.15, -0.1) is 0 Å². The summed E-state index contributed by atoms with van der Waals surface area (Å²) in [5, 5.41) is 0.724. The van der Waals surface area contributed by atoms with Gasteiger partial charge in [0.2, 0.25) is 5.91 Å². The normalized spacial score (nSPS) is 21.8. The highest BCUT2D eigenvalue weighted by Gasteiger charge is 2.28. The Balaban J connectivity index is 2.26. The predicted molar refractivity (Wildman–Crippen MR) is 78.0 cm³/mol. The quantitative estimate of drug-likeness (QED) is 0.905. The molecule has 3 nitrogen and oxygen atoms in total. The Morgan fingerprint density at radius 1 is 1.32 bits per heavy atom. The average Bonchev–Trinajstić information content (AvgIpc) is 2.64.